The van der Waals surface area contributed by atoms with E-state index in [2.05, 4.69) is 163 Å². The van der Waals surface area contributed by atoms with Gasteiger partial charge in [0.15, 0.2) is 5.58 Å². The summed E-state index contributed by atoms with van der Waals surface area (Å²) in [5.41, 5.74) is 10.2. The predicted octanol–water partition coefficient (Wildman–Crippen LogP) is 13.2. The van der Waals surface area contributed by atoms with Crippen molar-refractivity contribution >= 4 is 71.4 Å². The van der Waals surface area contributed by atoms with Crippen LogP contribution in [0.25, 0.3) is 76.6 Å². The van der Waals surface area contributed by atoms with Gasteiger partial charge < -0.3 is 9.32 Å². The third-order valence-corrected chi connectivity index (χ3v) is 9.87. The zero-order chi connectivity index (χ0) is 33.0. The van der Waals surface area contributed by atoms with Gasteiger partial charge in [0, 0.05) is 33.7 Å². The number of rotatable bonds is 5. The smallest absolute Gasteiger partial charge is 0.161 e. The summed E-state index contributed by atoms with van der Waals surface area (Å²) < 4.78 is 6.75. The summed E-state index contributed by atoms with van der Waals surface area (Å²) in [7, 11) is 0. The molecule has 0 fully saturated rings. The standard InChI is InChI=1S/C47H30N2O/c1-3-18-38-31(11-1)13-8-21-40(38)33-24-26-36(27-25-33)49(37-17-7-15-34(29-37)41-22-9-14-32-12-2-4-19-39(32)41)46-45-35(16-10-28-48-45)30-43-42-20-5-6-23-44(42)50-47(43)46/h1-30H. The highest BCUT2D eigenvalue weighted by Crippen LogP contribution is 2.47. The number of hydrogen-bond donors (Lipinski definition) is 0. The number of nitrogens with zero attached hydrogens (tertiary/aromatic N) is 2. The predicted molar refractivity (Wildman–Crippen MR) is 210 cm³/mol. The number of furan rings is 1. The molecule has 2 heterocycles. The van der Waals surface area contributed by atoms with Crippen molar-refractivity contribution in [1.82, 2.24) is 4.98 Å². The van der Waals surface area contributed by atoms with Gasteiger partial charge in [-0.1, -0.05) is 133 Å². The average molecular weight is 639 g/mol. The lowest BCUT2D eigenvalue weighted by Gasteiger charge is -2.27. The molecule has 0 amide bonds. The summed E-state index contributed by atoms with van der Waals surface area (Å²) in [6.07, 6.45) is 1.87. The van der Waals surface area contributed by atoms with Crippen molar-refractivity contribution < 1.29 is 4.42 Å². The summed E-state index contributed by atoms with van der Waals surface area (Å²) in [6, 6.07) is 62.5. The van der Waals surface area contributed by atoms with Gasteiger partial charge in [-0.25, -0.2) is 0 Å². The highest BCUT2D eigenvalue weighted by atomic mass is 16.3. The summed E-state index contributed by atoms with van der Waals surface area (Å²) in [4.78, 5) is 7.31. The van der Waals surface area contributed by atoms with E-state index in [1.54, 1.807) is 0 Å². The largest absolute Gasteiger partial charge is 0.454 e. The van der Waals surface area contributed by atoms with Gasteiger partial charge in [-0.15, -0.1) is 0 Å². The van der Waals surface area contributed by atoms with Crippen molar-refractivity contribution in [3.63, 3.8) is 0 Å². The first kappa shape index (κ1) is 28.3. The van der Waals surface area contributed by atoms with Crippen LogP contribution in [0.3, 0.4) is 0 Å². The van der Waals surface area contributed by atoms with Gasteiger partial charge in [-0.2, -0.15) is 0 Å². The van der Waals surface area contributed by atoms with Crippen molar-refractivity contribution in [2.75, 3.05) is 4.90 Å². The van der Waals surface area contributed by atoms with E-state index in [-0.39, 0.29) is 0 Å². The molecule has 0 bridgehead atoms. The molecule has 234 valence electrons. The van der Waals surface area contributed by atoms with Gasteiger partial charge >= 0.3 is 0 Å². The highest BCUT2D eigenvalue weighted by molar-refractivity contribution is 6.18. The maximum absolute atomic E-state index is 6.75. The maximum Gasteiger partial charge on any atom is 0.161 e. The Kier molecular flexibility index (Phi) is 6.49. The number of para-hydroxylation sites is 1. The Morgan fingerprint density at radius 1 is 0.420 bits per heavy atom. The molecule has 0 saturated carbocycles. The second kappa shape index (κ2) is 11.5. The van der Waals surface area contributed by atoms with E-state index in [1.165, 1.54) is 38.2 Å². The van der Waals surface area contributed by atoms with Crippen LogP contribution in [-0.2, 0) is 0 Å². The van der Waals surface area contributed by atoms with Crippen LogP contribution in [0, 0.1) is 0 Å². The SMILES string of the molecule is c1cc(-c2cccc3ccccc23)cc(N(c2ccc(-c3cccc4ccccc34)cc2)c2c3ncccc3cc3c2oc2ccccc23)c1. The molecule has 0 aliphatic rings. The molecule has 2 aromatic heterocycles. The molecule has 10 rings (SSSR count). The van der Waals surface area contributed by atoms with Gasteiger partial charge in [0.2, 0.25) is 0 Å². The van der Waals surface area contributed by atoms with Gasteiger partial charge in [0.1, 0.15) is 11.3 Å². The molecule has 3 nitrogen and oxygen atoms in total. The summed E-state index contributed by atoms with van der Waals surface area (Å²) in [5.74, 6) is 0. The minimum atomic E-state index is 0.811. The fourth-order valence-corrected chi connectivity index (χ4v) is 7.55. The van der Waals surface area contributed by atoms with Crippen LogP contribution in [0.5, 0.6) is 0 Å². The third-order valence-electron chi connectivity index (χ3n) is 9.87. The molecule has 3 heteroatoms. The lowest BCUT2D eigenvalue weighted by Crippen LogP contribution is -2.11. The number of anilines is 3. The van der Waals surface area contributed by atoms with Crippen LogP contribution in [-0.4, -0.2) is 4.98 Å². The summed E-state index contributed by atoms with van der Waals surface area (Å²) in [5, 5.41) is 8.14. The first-order valence-corrected chi connectivity index (χ1v) is 17.0. The Bertz CT molecular complexity index is 2870. The Hall–Kier alpha value is -6.71. The van der Waals surface area contributed by atoms with Crippen molar-refractivity contribution in [3.8, 4) is 22.3 Å². The maximum atomic E-state index is 6.75. The minimum Gasteiger partial charge on any atom is -0.454 e. The number of fused-ring (bicyclic) bond motifs is 6. The van der Waals surface area contributed by atoms with Crippen LogP contribution in [0.1, 0.15) is 0 Å². The number of aromatic nitrogens is 1. The lowest BCUT2D eigenvalue weighted by atomic mass is 9.97. The average Bonchev–Trinajstić information content (AvgIpc) is 3.56. The van der Waals surface area contributed by atoms with Crippen molar-refractivity contribution in [2.45, 2.75) is 0 Å². The van der Waals surface area contributed by atoms with Crippen molar-refractivity contribution in [3.05, 3.63) is 182 Å². The van der Waals surface area contributed by atoms with Gasteiger partial charge in [-0.3, -0.25) is 4.98 Å². The van der Waals surface area contributed by atoms with Crippen LogP contribution in [0.4, 0.5) is 17.1 Å². The van der Waals surface area contributed by atoms with E-state index >= 15 is 0 Å². The van der Waals surface area contributed by atoms with E-state index in [0.717, 1.165) is 55.5 Å². The van der Waals surface area contributed by atoms with Gasteiger partial charge in [0.05, 0.1) is 5.52 Å². The Labute approximate surface area is 289 Å². The molecule has 0 aliphatic heterocycles. The molecule has 8 aromatic carbocycles. The summed E-state index contributed by atoms with van der Waals surface area (Å²) >= 11 is 0. The Morgan fingerprint density at radius 3 is 1.80 bits per heavy atom. The lowest BCUT2D eigenvalue weighted by molar-refractivity contribution is 0.669. The molecule has 0 saturated heterocycles. The van der Waals surface area contributed by atoms with Crippen LogP contribution in [0.15, 0.2) is 187 Å². The van der Waals surface area contributed by atoms with Crippen LogP contribution < -0.4 is 4.90 Å². The van der Waals surface area contributed by atoms with Crippen molar-refractivity contribution in [2.24, 2.45) is 0 Å². The first-order chi connectivity index (χ1) is 24.8. The summed E-state index contributed by atoms with van der Waals surface area (Å²) in [6.45, 7) is 0. The zero-order valence-electron chi connectivity index (χ0n) is 27.1. The second-order valence-electron chi connectivity index (χ2n) is 12.8. The molecule has 0 atom stereocenters. The van der Waals surface area contributed by atoms with Gasteiger partial charge in [-0.05, 0) is 86.3 Å². The van der Waals surface area contributed by atoms with Gasteiger partial charge in [0.25, 0.3) is 0 Å². The molecular formula is C47H30N2O. The zero-order valence-corrected chi connectivity index (χ0v) is 27.1. The number of pyridine rings is 1. The molecule has 0 aliphatic carbocycles. The van der Waals surface area contributed by atoms with E-state index in [4.69, 9.17) is 9.40 Å². The molecular weight excluding hydrogens is 609 g/mol. The molecule has 50 heavy (non-hydrogen) atoms. The van der Waals surface area contributed by atoms with E-state index in [9.17, 15) is 0 Å². The number of benzene rings is 8. The molecule has 0 N–H and O–H groups in total. The molecule has 10 aromatic rings. The topological polar surface area (TPSA) is 29.3 Å². The third kappa shape index (κ3) is 4.56. The van der Waals surface area contributed by atoms with E-state index in [0.29, 0.717) is 0 Å². The molecule has 0 unspecified atom stereocenters. The van der Waals surface area contributed by atoms with Crippen LogP contribution >= 0.6 is 0 Å². The fourth-order valence-electron chi connectivity index (χ4n) is 7.55. The number of hydrogen-bond acceptors (Lipinski definition) is 3. The Balaban J connectivity index is 1.24. The second-order valence-corrected chi connectivity index (χ2v) is 12.8. The normalized spacial score (nSPS) is 11.6. The van der Waals surface area contributed by atoms with Crippen molar-refractivity contribution in [1.29, 1.82) is 0 Å². The monoisotopic (exact) mass is 638 g/mol. The van der Waals surface area contributed by atoms with E-state index < -0.39 is 0 Å². The van der Waals surface area contributed by atoms with Crippen LogP contribution in [0.2, 0.25) is 0 Å². The molecule has 0 radical (unpaired) electrons. The quantitative estimate of drug-likeness (QED) is 0.188. The highest BCUT2D eigenvalue weighted by Gasteiger charge is 2.24. The molecule has 0 spiro atoms. The first-order valence-electron chi connectivity index (χ1n) is 17.0. The Morgan fingerprint density at radius 2 is 1.04 bits per heavy atom. The fraction of sp³-hybridized carbons (Fsp3) is 0. The minimum absolute atomic E-state index is 0.811. The van der Waals surface area contributed by atoms with E-state index in [1.807, 2.05) is 24.4 Å².